The number of hydrogen-bond donors (Lipinski definition) is 2. The van der Waals surface area contributed by atoms with Gasteiger partial charge in [0.05, 0.1) is 17.4 Å². The number of amides is 3. The highest BCUT2D eigenvalue weighted by molar-refractivity contribution is 9.10. The summed E-state index contributed by atoms with van der Waals surface area (Å²) >= 11 is 3.34. The van der Waals surface area contributed by atoms with Crippen LogP contribution < -0.4 is 15.4 Å². The molecule has 3 amide bonds. The maximum absolute atomic E-state index is 12.3. The predicted octanol–water partition coefficient (Wildman–Crippen LogP) is 1.89. The monoisotopic (exact) mass is 462 g/mol. The smallest absolute Gasteiger partial charge is 0.294 e. The van der Waals surface area contributed by atoms with Crippen LogP contribution in [-0.2, 0) is 9.59 Å². The van der Waals surface area contributed by atoms with Crippen molar-refractivity contribution in [1.82, 2.24) is 15.4 Å². The molecule has 2 heterocycles. The quantitative estimate of drug-likeness (QED) is 0.607. The summed E-state index contributed by atoms with van der Waals surface area (Å²) in [4.78, 5) is 37.4. The molecule has 1 fully saturated rings. The topological polar surface area (TPSA) is 114 Å². The van der Waals surface area contributed by atoms with E-state index in [-0.39, 0.29) is 30.2 Å². The number of likely N-dealkylation sites (tertiary alicyclic amines) is 1. The molecule has 0 radical (unpaired) electrons. The lowest BCUT2D eigenvalue weighted by Crippen LogP contribution is -2.61. The van der Waals surface area contributed by atoms with Gasteiger partial charge in [-0.1, -0.05) is 27.7 Å². The molecule has 1 aliphatic rings. The van der Waals surface area contributed by atoms with Gasteiger partial charge in [0.15, 0.2) is 6.61 Å². The maximum Gasteiger partial charge on any atom is 0.294 e. The maximum atomic E-state index is 12.3. The van der Waals surface area contributed by atoms with Crippen LogP contribution in [0.15, 0.2) is 45.9 Å². The van der Waals surface area contributed by atoms with Crippen molar-refractivity contribution >= 4 is 39.3 Å². The van der Waals surface area contributed by atoms with E-state index in [1.165, 1.54) is 12.1 Å². The Kier molecular flexibility index (Phi) is 6.32. The molecule has 2 N–H and O–H groups in total. The Bertz CT molecular complexity index is 952. The van der Waals surface area contributed by atoms with Crippen molar-refractivity contribution in [2.24, 2.45) is 0 Å². The van der Waals surface area contributed by atoms with E-state index in [2.05, 4.69) is 38.3 Å². The van der Waals surface area contributed by atoms with Gasteiger partial charge in [-0.15, -0.1) is 0 Å². The van der Waals surface area contributed by atoms with Crippen LogP contribution in [0.3, 0.4) is 0 Å². The van der Waals surface area contributed by atoms with Crippen LogP contribution in [0.4, 0.5) is 5.69 Å². The second-order valence-electron chi connectivity index (χ2n) is 6.43. The number of aromatic nitrogens is 1. The van der Waals surface area contributed by atoms with Gasteiger partial charge < -0.3 is 24.8 Å². The van der Waals surface area contributed by atoms with Gasteiger partial charge in [-0.25, -0.2) is 0 Å². The van der Waals surface area contributed by atoms with E-state index in [0.717, 1.165) is 4.47 Å². The average Bonchev–Trinajstić information content (AvgIpc) is 3.09. The van der Waals surface area contributed by atoms with Crippen LogP contribution >= 0.6 is 15.9 Å². The van der Waals surface area contributed by atoms with Crippen molar-refractivity contribution < 1.29 is 23.6 Å². The molecule has 0 aliphatic carbocycles. The number of carbonyl (C=O) groups excluding carboxylic acids is 3. The lowest BCUT2D eigenvalue weighted by Gasteiger charge is -2.38. The minimum atomic E-state index is -0.487. The molecule has 0 spiro atoms. The summed E-state index contributed by atoms with van der Waals surface area (Å²) in [7, 11) is 0. The van der Waals surface area contributed by atoms with Crippen LogP contribution in [-0.4, -0.2) is 53.5 Å². The lowest BCUT2D eigenvalue weighted by atomic mass is 10.1. The SMILES string of the molecule is C=CC(=O)N1CC(NC(=O)COc2ccc(Br)cc2NC(=O)c2cc(C)no2)C1. The van der Waals surface area contributed by atoms with Crippen LogP contribution in [0.25, 0.3) is 0 Å². The van der Waals surface area contributed by atoms with E-state index in [1.54, 1.807) is 30.0 Å². The van der Waals surface area contributed by atoms with E-state index >= 15 is 0 Å². The van der Waals surface area contributed by atoms with Gasteiger partial charge in [-0.05, 0) is 31.2 Å². The fraction of sp³-hybridized carbons (Fsp3) is 0.263. The molecule has 9 nitrogen and oxygen atoms in total. The molecular weight excluding hydrogens is 444 g/mol. The van der Waals surface area contributed by atoms with Gasteiger partial charge >= 0.3 is 0 Å². The number of aryl methyl sites for hydroxylation is 1. The molecule has 29 heavy (non-hydrogen) atoms. The summed E-state index contributed by atoms with van der Waals surface area (Å²) in [6, 6.07) is 6.41. The number of carbonyl (C=O) groups is 3. The summed E-state index contributed by atoms with van der Waals surface area (Å²) in [6.07, 6.45) is 1.24. The van der Waals surface area contributed by atoms with E-state index in [9.17, 15) is 14.4 Å². The minimum Gasteiger partial charge on any atom is -0.482 e. The first-order valence-electron chi connectivity index (χ1n) is 8.73. The standard InChI is InChI=1S/C19H19BrN4O5/c1-3-18(26)24-8-13(9-24)21-17(25)10-28-15-5-4-12(20)7-14(15)22-19(27)16-6-11(2)23-29-16/h3-7,13H,1,8-10H2,2H3,(H,21,25)(H,22,27). The van der Waals surface area contributed by atoms with Gasteiger partial charge in [0, 0.05) is 23.6 Å². The van der Waals surface area contributed by atoms with Gasteiger partial charge in [-0.3, -0.25) is 14.4 Å². The van der Waals surface area contributed by atoms with E-state index in [4.69, 9.17) is 9.26 Å². The zero-order chi connectivity index (χ0) is 21.0. The molecule has 0 unspecified atom stereocenters. The van der Waals surface area contributed by atoms with Gasteiger partial charge in [0.2, 0.25) is 11.7 Å². The summed E-state index contributed by atoms with van der Waals surface area (Å²) in [5.74, 6) is -0.588. The summed E-state index contributed by atoms with van der Waals surface area (Å²) in [5.41, 5.74) is 0.958. The largest absolute Gasteiger partial charge is 0.482 e. The van der Waals surface area contributed by atoms with Crippen LogP contribution in [0.1, 0.15) is 16.2 Å². The Labute approximate surface area is 175 Å². The van der Waals surface area contributed by atoms with Crippen molar-refractivity contribution in [2.45, 2.75) is 13.0 Å². The highest BCUT2D eigenvalue weighted by Gasteiger charge is 2.30. The molecule has 152 valence electrons. The van der Waals surface area contributed by atoms with E-state index < -0.39 is 5.91 Å². The van der Waals surface area contributed by atoms with Gasteiger partial charge in [0.25, 0.3) is 11.8 Å². The first-order chi connectivity index (χ1) is 13.9. The number of rotatable bonds is 7. The van der Waals surface area contributed by atoms with Crippen LogP contribution in [0.5, 0.6) is 5.75 Å². The summed E-state index contributed by atoms with van der Waals surface area (Å²) in [6.45, 7) is 5.77. The Hall–Kier alpha value is -3.14. The molecule has 0 atom stereocenters. The van der Waals surface area contributed by atoms with Gasteiger partial charge in [0.1, 0.15) is 5.75 Å². The van der Waals surface area contributed by atoms with Gasteiger partial charge in [-0.2, -0.15) is 0 Å². The number of ether oxygens (including phenoxy) is 1. The molecule has 2 aromatic rings. The number of benzene rings is 1. The first kappa shape index (κ1) is 20.6. The summed E-state index contributed by atoms with van der Waals surface area (Å²) < 4.78 is 11.2. The predicted molar refractivity (Wildman–Crippen MR) is 108 cm³/mol. The van der Waals surface area contributed by atoms with E-state index in [0.29, 0.717) is 30.2 Å². The molecule has 10 heteroatoms. The van der Waals surface area contributed by atoms with Crippen molar-refractivity contribution in [3.63, 3.8) is 0 Å². The Morgan fingerprint density at radius 2 is 2.14 bits per heavy atom. The number of anilines is 1. The highest BCUT2D eigenvalue weighted by Crippen LogP contribution is 2.29. The second kappa shape index (κ2) is 8.91. The third-order valence-electron chi connectivity index (χ3n) is 4.13. The Morgan fingerprint density at radius 1 is 1.38 bits per heavy atom. The van der Waals surface area contributed by atoms with Crippen molar-refractivity contribution in [3.8, 4) is 5.75 Å². The molecule has 1 aromatic carbocycles. The third-order valence-corrected chi connectivity index (χ3v) is 4.63. The van der Waals surface area contributed by atoms with Crippen molar-refractivity contribution in [1.29, 1.82) is 0 Å². The average molecular weight is 463 g/mol. The van der Waals surface area contributed by atoms with Crippen molar-refractivity contribution in [3.05, 3.63) is 52.8 Å². The number of halogens is 1. The second-order valence-corrected chi connectivity index (χ2v) is 7.34. The highest BCUT2D eigenvalue weighted by atomic mass is 79.9. The number of nitrogens with zero attached hydrogens (tertiary/aromatic N) is 2. The van der Waals surface area contributed by atoms with Crippen molar-refractivity contribution in [2.75, 3.05) is 25.0 Å². The first-order valence-corrected chi connectivity index (χ1v) is 9.52. The lowest BCUT2D eigenvalue weighted by molar-refractivity contribution is -0.133. The zero-order valence-electron chi connectivity index (χ0n) is 15.6. The zero-order valence-corrected chi connectivity index (χ0v) is 17.2. The Balaban J connectivity index is 1.55. The normalized spacial score (nSPS) is 13.4. The fourth-order valence-electron chi connectivity index (χ4n) is 2.67. The summed E-state index contributed by atoms with van der Waals surface area (Å²) in [5, 5.41) is 9.15. The molecule has 0 saturated carbocycles. The Morgan fingerprint density at radius 3 is 2.79 bits per heavy atom. The number of hydrogen-bond acceptors (Lipinski definition) is 6. The molecular formula is C19H19BrN4O5. The molecule has 3 rings (SSSR count). The fourth-order valence-corrected chi connectivity index (χ4v) is 3.03. The van der Waals surface area contributed by atoms with Crippen LogP contribution in [0, 0.1) is 6.92 Å². The third kappa shape index (κ3) is 5.23. The minimum absolute atomic E-state index is 0.0646. The molecule has 1 saturated heterocycles. The molecule has 1 aliphatic heterocycles. The van der Waals surface area contributed by atoms with Crippen LogP contribution in [0.2, 0.25) is 0 Å². The number of nitrogens with one attached hydrogen (secondary N) is 2. The molecule has 1 aromatic heterocycles. The molecule has 0 bridgehead atoms. The van der Waals surface area contributed by atoms with E-state index in [1.807, 2.05) is 0 Å².